The van der Waals surface area contributed by atoms with Gasteiger partial charge in [-0.2, -0.15) is 0 Å². The van der Waals surface area contributed by atoms with E-state index in [0.29, 0.717) is 17.9 Å². The summed E-state index contributed by atoms with van der Waals surface area (Å²) in [6.07, 6.45) is 0. The highest BCUT2D eigenvalue weighted by Gasteiger charge is 2.07. The van der Waals surface area contributed by atoms with Crippen molar-refractivity contribution in [2.24, 2.45) is 0 Å². The van der Waals surface area contributed by atoms with Gasteiger partial charge in [-0.25, -0.2) is 4.39 Å². The van der Waals surface area contributed by atoms with Crippen LogP contribution in [0.25, 0.3) is 10.9 Å². The Morgan fingerprint density at radius 3 is 2.58 bits per heavy atom. The highest BCUT2D eigenvalue weighted by molar-refractivity contribution is 5.94. The number of fused-ring (bicyclic) bond motifs is 1. The fourth-order valence-electron chi connectivity index (χ4n) is 2.52. The van der Waals surface area contributed by atoms with Gasteiger partial charge in [0.1, 0.15) is 11.6 Å². The Hall–Kier alpha value is -2.33. The van der Waals surface area contributed by atoms with Gasteiger partial charge in [-0.3, -0.25) is 4.98 Å². The van der Waals surface area contributed by atoms with E-state index in [9.17, 15) is 4.39 Å². The minimum atomic E-state index is -0.222. The number of aromatic nitrogens is 1. The number of pyridine rings is 1. The number of ether oxygens (including phenoxy) is 1. The molecular weight excluding hydrogens is 327 g/mol. The van der Waals surface area contributed by atoms with Crippen molar-refractivity contribution < 1.29 is 9.13 Å². The van der Waals surface area contributed by atoms with Crippen LogP contribution in [0.4, 0.5) is 15.8 Å². The maximum atomic E-state index is 13.8. The molecule has 3 nitrogen and oxygen atoms in total. The normalized spacial score (nSPS) is 10.3. The van der Waals surface area contributed by atoms with Crippen molar-refractivity contribution in [1.29, 1.82) is 0 Å². The lowest BCUT2D eigenvalue weighted by Gasteiger charge is -2.13. The number of hydrogen-bond donors (Lipinski definition) is 1. The number of nitrogens with one attached hydrogen (secondary N) is 1. The van der Waals surface area contributed by atoms with Crippen molar-refractivity contribution >= 4 is 34.7 Å². The molecule has 3 rings (SSSR count). The predicted octanol–water partition coefficient (Wildman–Crippen LogP) is 5.55. The standard InChI is InChI=1S/C19H19FN2O.ClH/c1-4-23-15-7-8-18-16(11-15)19(9-13(3)21-18)22-14-6-5-12(2)17(20)10-14;/h5-11H,4H2,1-3H3,(H,21,22);1H. The fourth-order valence-corrected chi connectivity index (χ4v) is 2.52. The molecular formula is C19H20ClFN2O. The Morgan fingerprint density at radius 2 is 1.88 bits per heavy atom. The summed E-state index contributed by atoms with van der Waals surface area (Å²) >= 11 is 0. The number of hydrogen-bond acceptors (Lipinski definition) is 3. The Kier molecular flexibility index (Phi) is 5.62. The zero-order valence-electron chi connectivity index (χ0n) is 13.9. The largest absolute Gasteiger partial charge is 0.494 e. The zero-order chi connectivity index (χ0) is 16.4. The molecule has 0 aliphatic rings. The molecule has 2 aromatic carbocycles. The summed E-state index contributed by atoms with van der Waals surface area (Å²) in [6.45, 7) is 6.25. The summed E-state index contributed by atoms with van der Waals surface area (Å²) in [5.74, 6) is 0.573. The minimum absolute atomic E-state index is 0. The van der Waals surface area contributed by atoms with Crippen molar-refractivity contribution in [1.82, 2.24) is 4.98 Å². The van der Waals surface area contributed by atoms with Crippen LogP contribution >= 0.6 is 12.4 Å². The molecule has 0 fully saturated rings. The second-order valence-corrected chi connectivity index (χ2v) is 5.51. The fraction of sp³-hybridized carbons (Fsp3) is 0.211. The highest BCUT2D eigenvalue weighted by atomic mass is 35.5. The third kappa shape index (κ3) is 3.77. The molecule has 0 bridgehead atoms. The van der Waals surface area contributed by atoms with Crippen LogP contribution < -0.4 is 10.1 Å². The Labute approximate surface area is 147 Å². The molecule has 1 heterocycles. The summed E-state index contributed by atoms with van der Waals surface area (Å²) in [5.41, 5.74) is 4.00. The first-order chi connectivity index (χ1) is 11.1. The lowest BCUT2D eigenvalue weighted by Crippen LogP contribution is -1.97. The molecule has 126 valence electrons. The molecule has 3 aromatic rings. The van der Waals surface area contributed by atoms with Crippen LogP contribution in [0.2, 0.25) is 0 Å². The first-order valence-electron chi connectivity index (χ1n) is 7.64. The van der Waals surface area contributed by atoms with E-state index in [0.717, 1.165) is 28.0 Å². The number of nitrogens with zero attached hydrogens (tertiary/aromatic N) is 1. The smallest absolute Gasteiger partial charge is 0.128 e. The molecule has 0 aliphatic heterocycles. The first kappa shape index (κ1) is 18.0. The molecule has 0 atom stereocenters. The molecule has 0 radical (unpaired) electrons. The van der Waals surface area contributed by atoms with Gasteiger partial charge < -0.3 is 10.1 Å². The SMILES string of the molecule is CCOc1ccc2nc(C)cc(Nc3ccc(C)c(F)c3)c2c1.Cl. The maximum Gasteiger partial charge on any atom is 0.128 e. The molecule has 1 aromatic heterocycles. The molecule has 0 spiro atoms. The highest BCUT2D eigenvalue weighted by Crippen LogP contribution is 2.30. The van der Waals surface area contributed by atoms with Gasteiger partial charge in [-0.15, -0.1) is 12.4 Å². The number of rotatable bonds is 4. The average molecular weight is 347 g/mol. The maximum absolute atomic E-state index is 13.8. The van der Waals surface area contributed by atoms with E-state index in [1.165, 1.54) is 6.07 Å². The van der Waals surface area contributed by atoms with E-state index in [2.05, 4.69) is 10.3 Å². The molecule has 0 saturated carbocycles. The number of aryl methyl sites for hydroxylation is 2. The zero-order valence-corrected chi connectivity index (χ0v) is 14.7. The van der Waals surface area contributed by atoms with Gasteiger partial charge in [0.25, 0.3) is 0 Å². The van der Waals surface area contributed by atoms with Crippen LogP contribution in [0.5, 0.6) is 5.75 Å². The van der Waals surface area contributed by atoms with Crippen molar-refractivity contribution in [2.75, 3.05) is 11.9 Å². The summed E-state index contributed by atoms with van der Waals surface area (Å²) < 4.78 is 19.3. The summed E-state index contributed by atoms with van der Waals surface area (Å²) in [4.78, 5) is 4.54. The molecule has 1 N–H and O–H groups in total. The second kappa shape index (κ2) is 7.49. The Balaban J connectivity index is 0.00000208. The average Bonchev–Trinajstić information content (AvgIpc) is 2.52. The summed E-state index contributed by atoms with van der Waals surface area (Å²) in [7, 11) is 0. The van der Waals surface area contributed by atoms with Gasteiger partial charge in [0, 0.05) is 22.5 Å². The molecule has 0 unspecified atom stereocenters. The lowest BCUT2D eigenvalue weighted by molar-refractivity contribution is 0.340. The van der Waals surface area contributed by atoms with E-state index >= 15 is 0 Å². The molecule has 0 saturated heterocycles. The van der Waals surface area contributed by atoms with Crippen LogP contribution in [0.15, 0.2) is 42.5 Å². The van der Waals surface area contributed by atoms with Crippen LogP contribution in [-0.2, 0) is 0 Å². The van der Waals surface area contributed by atoms with Crippen molar-refractivity contribution in [2.45, 2.75) is 20.8 Å². The topological polar surface area (TPSA) is 34.1 Å². The number of anilines is 2. The van der Waals surface area contributed by atoms with Crippen LogP contribution in [0.1, 0.15) is 18.2 Å². The lowest BCUT2D eigenvalue weighted by atomic mass is 10.1. The molecule has 0 amide bonds. The Morgan fingerprint density at radius 1 is 1.08 bits per heavy atom. The molecule has 0 aliphatic carbocycles. The summed E-state index contributed by atoms with van der Waals surface area (Å²) in [5, 5.41) is 4.24. The van der Waals surface area contributed by atoms with Crippen molar-refractivity contribution in [3.63, 3.8) is 0 Å². The van der Waals surface area contributed by atoms with E-state index in [-0.39, 0.29) is 18.2 Å². The summed E-state index contributed by atoms with van der Waals surface area (Å²) in [6, 6.07) is 12.9. The van der Waals surface area contributed by atoms with Gasteiger partial charge in [-0.1, -0.05) is 6.07 Å². The van der Waals surface area contributed by atoms with Gasteiger partial charge in [-0.05, 0) is 62.7 Å². The van der Waals surface area contributed by atoms with Crippen molar-refractivity contribution in [3.8, 4) is 5.75 Å². The number of benzene rings is 2. The van der Waals surface area contributed by atoms with Crippen LogP contribution in [0.3, 0.4) is 0 Å². The van der Waals surface area contributed by atoms with E-state index in [4.69, 9.17) is 4.74 Å². The van der Waals surface area contributed by atoms with Gasteiger partial charge in [0.05, 0.1) is 12.1 Å². The van der Waals surface area contributed by atoms with Crippen molar-refractivity contribution in [3.05, 3.63) is 59.5 Å². The minimum Gasteiger partial charge on any atom is -0.494 e. The molecule has 24 heavy (non-hydrogen) atoms. The van der Waals surface area contributed by atoms with E-state index in [1.54, 1.807) is 13.0 Å². The van der Waals surface area contributed by atoms with E-state index < -0.39 is 0 Å². The van der Waals surface area contributed by atoms with E-state index in [1.807, 2.05) is 44.2 Å². The van der Waals surface area contributed by atoms with Gasteiger partial charge >= 0.3 is 0 Å². The third-order valence-corrected chi connectivity index (χ3v) is 3.67. The quantitative estimate of drug-likeness (QED) is 0.672. The van der Waals surface area contributed by atoms with Gasteiger partial charge in [0.2, 0.25) is 0 Å². The van der Waals surface area contributed by atoms with Crippen LogP contribution in [-0.4, -0.2) is 11.6 Å². The monoisotopic (exact) mass is 346 g/mol. The predicted molar refractivity (Wildman–Crippen MR) is 99.3 cm³/mol. The Bertz CT molecular complexity index is 867. The third-order valence-electron chi connectivity index (χ3n) is 3.67. The van der Waals surface area contributed by atoms with Gasteiger partial charge in [0.15, 0.2) is 0 Å². The molecule has 5 heteroatoms. The van der Waals surface area contributed by atoms with Crippen LogP contribution in [0, 0.1) is 19.7 Å². The first-order valence-corrected chi connectivity index (χ1v) is 7.64. The second-order valence-electron chi connectivity index (χ2n) is 5.51. The number of halogens is 2.